The smallest absolute Gasteiger partial charge is 0.241 e. The molecule has 192 valence electrons. The molecule has 0 saturated carbocycles. The largest absolute Gasteiger partial charge is 0.408 e. The first kappa shape index (κ1) is 28.9. The summed E-state index contributed by atoms with van der Waals surface area (Å²) in [6, 6.07) is 21.3. The highest BCUT2D eigenvalue weighted by atomic mass is 79.9. The van der Waals surface area contributed by atoms with Crippen molar-refractivity contribution < 1.29 is 17.6 Å². The van der Waals surface area contributed by atoms with Crippen molar-refractivity contribution in [3.63, 3.8) is 0 Å². The third kappa shape index (κ3) is 7.02. The lowest BCUT2D eigenvalue weighted by atomic mass is 9.96. The molecule has 3 aromatic rings. The van der Waals surface area contributed by atoms with Crippen molar-refractivity contribution in [3.05, 3.63) is 98.9 Å². The van der Waals surface area contributed by atoms with Crippen LogP contribution in [-0.2, 0) is 14.4 Å². The van der Waals surface area contributed by atoms with Gasteiger partial charge >= 0.3 is 0 Å². The summed E-state index contributed by atoms with van der Waals surface area (Å²) in [6.45, 7) is 10.5. The van der Waals surface area contributed by atoms with Crippen LogP contribution in [0, 0.1) is 0 Å². The Hall–Kier alpha value is -1.62. The van der Waals surface area contributed by atoms with Gasteiger partial charge in [0.2, 0.25) is 10.0 Å². The van der Waals surface area contributed by atoms with Gasteiger partial charge in [-0.1, -0.05) is 95.1 Å². The summed E-state index contributed by atoms with van der Waals surface area (Å²) >= 11 is 6.80. The molecule has 0 spiro atoms. The van der Waals surface area contributed by atoms with E-state index < -0.39 is 30.5 Å². The van der Waals surface area contributed by atoms with Gasteiger partial charge in [0.05, 0.1) is 11.0 Å². The second kappa shape index (κ2) is 11.4. The number of benzene rings is 3. The van der Waals surface area contributed by atoms with Crippen molar-refractivity contribution >= 4 is 56.0 Å². The molecule has 0 heterocycles. The highest BCUT2D eigenvalue weighted by molar-refractivity contribution is 9.10. The number of hydrogen-bond donors (Lipinski definition) is 1. The van der Waals surface area contributed by atoms with Gasteiger partial charge < -0.3 is 4.43 Å². The van der Waals surface area contributed by atoms with Crippen LogP contribution in [0.3, 0.4) is 0 Å². The number of hydrogen-bond acceptors (Lipinski definition) is 4. The maximum atomic E-state index is 13.9. The molecular weight excluding hydrogens is 622 g/mol. The first-order valence-electron chi connectivity index (χ1n) is 11.5. The molecule has 0 fully saturated rings. The van der Waals surface area contributed by atoms with Gasteiger partial charge in [-0.15, -0.1) is 0 Å². The maximum Gasteiger partial charge on any atom is 0.241 e. The third-order valence-electron chi connectivity index (χ3n) is 6.48. The van der Waals surface area contributed by atoms with Crippen LogP contribution in [0.1, 0.15) is 42.8 Å². The van der Waals surface area contributed by atoms with E-state index in [4.69, 9.17) is 4.43 Å². The molecule has 0 aliphatic heterocycles. The molecule has 2 atom stereocenters. The molecule has 0 saturated heterocycles. The molecule has 0 bridgehead atoms. The zero-order valence-corrected chi connectivity index (χ0v) is 25.9. The zero-order valence-electron chi connectivity index (χ0n) is 21.0. The number of nitrogens with one attached hydrogen (secondary N) is 1. The predicted molar refractivity (Wildman–Crippen MR) is 154 cm³/mol. The molecule has 9 heteroatoms. The number of sulfonamides is 1. The summed E-state index contributed by atoms with van der Waals surface area (Å²) in [5.74, 6) is -0.358. The third-order valence-corrected chi connectivity index (χ3v) is 13.4. The van der Waals surface area contributed by atoms with E-state index >= 15 is 0 Å². The average molecular weight is 654 g/mol. The number of halogens is 2. The van der Waals surface area contributed by atoms with Crippen LogP contribution in [0.5, 0.6) is 0 Å². The molecule has 5 nitrogen and oxygen atoms in total. The van der Waals surface area contributed by atoms with E-state index in [0.29, 0.717) is 5.56 Å². The van der Waals surface area contributed by atoms with Gasteiger partial charge in [-0.25, -0.2) is 8.42 Å². The summed E-state index contributed by atoms with van der Waals surface area (Å²) in [5.41, 5.74) is 1.12. The molecule has 0 aliphatic rings. The molecule has 0 aliphatic carbocycles. The maximum absolute atomic E-state index is 13.9. The Morgan fingerprint density at radius 1 is 0.861 bits per heavy atom. The van der Waals surface area contributed by atoms with Gasteiger partial charge in [0.15, 0.2) is 14.1 Å². The van der Waals surface area contributed by atoms with Gasteiger partial charge in [-0.3, -0.25) is 4.79 Å². The minimum absolute atomic E-state index is 0.0680. The van der Waals surface area contributed by atoms with E-state index in [0.717, 1.165) is 14.5 Å². The van der Waals surface area contributed by atoms with Gasteiger partial charge in [0.25, 0.3) is 0 Å². The van der Waals surface area contributed by atoms with Crippen LogP contribution in [0.15, 0.2) is 92.7 Å². The Labute approximate surface area is 232 Å². The fourth-order valence-electron chi connectivity index (χ4n) is 3.36. The number of carbonyl (C=O) groups is 1. The number of rotatable bonds is 9. The second-order valence-electron chi connectivity index (χ2n) is 10.1. The SMILES string of the molecule is CC(C)(C)[Si](C)(C)O[C@H](c1ccc(Br)cc1)[C@H](NS(=O)(=O)c1ccc(Br)cc1)C(=O)c1ccccc1. The van der Waals surface area contributed by atoms with Crippen LogP contribution in [0.4, 0.5) is 0 Å². The van der Waals surface area contributed by atoms with Crippen LogP contribution in [0.25, 0.3) is 0 Å². The zero-order chi connectivity index (χ0) is 26.7. The number of carbonyl (C=O) groups excluding carboxylic acids is 1. The Morgan fingerprint density at radius 2 is 1.36 bits per heavy atom. The standard InChI is InChI=1S/C27H31Br2NO4SSi/c1-27(2,3)36(4,5)34-26(20-11-13-21(28)14-12-20)24(25(31)19-9-7-6-8-10-19)30-35(32,33)23-17-15-22(29)16-18-23/h6-18,24,26,30H,1-5H3/t24-,26-/m1/s1. The van der Waals surface area contributed by atoms with Crippen molar-refractivity contribution in [2.24, 2.45) is 0 Å². The van der Waals surface area contributed by atoms with Gasteiger partial charge in [-0.05, 0) is 60.1 Å². The van der Waals surface area contributed by atoms with E-state index in [1.54, 1.807) is 36.4 Å². The monoisotopic (exact) mass is 651 g/mol. The summed E-state index contributed by atoms with van der Waals surface area (Å²) < 4.78 is 38.2. The summed E-state index contributed by atoms with van der Waals surface area (Å²) in [5, 5.41) is -0.161. The van der Waals surface area contributed by atoms with Crippen molar-refractivity contribution in [3.8, 4) is 0 Å². The van der Waals surface area contributed by atoms with E-state index in [9.17, 15) is 13.2 Å². The molecule has 3 aromatic carbocycles. The Kier molecular flexibility index (Phi) is 9.17. The summed E-state index contributed by atoms with van der Waals surface area (Å²) in [6.07, 6.45) is -0.836. The minimum atomic E-state index is -4.05. The van der Waals surface area contributed by atoms with E-state index in [2.05, 4.69) is 70.4 Å². The molecule has 0 radical (unpaired) electrons. The fraction of sp³-hybridized carbons (Fsp3) is 0.296. The Bertz CT molecular complexity index is 1290. The molecule has 0 aromatic heterocycles. The van der Waals surface area contributed by atoms with E-state index in [1.807, 2.05) is 30.3 Å². The molecule has 3 rings (SSSR count). The fourth-order valence-corrected chi connectivity index (χ4v) is 6.34. The van der Waals surface area contributed by atoms with Gasteiger partial charge in [0.1, 0.15) is 6.04 Å². The van der Waals surface area contributed by atoms with Crippen molar-refractivity contribution in [1.82, 2.24) is 4.72 Å². The highest BCUT2D eigenvalue weighted by Gasteiger charge is 2.44. The predicted octanol–water partition coefficient (Wildman–Crippen LogP) is 7.50. The first-order valence-corrected chi connectivity index (χ1v) is 17.5. The minimum Gasteiger partial charge on any atom is -0.408 e. The molecule has 36 heavy (non-hydrogen) atoms. The molecule has 1 N–H and O–H groups in total. The van der Waals surface area contributed by atoms with Gasteiger partial charge in [-0.2, -0.15) is 4.72 Å². The number of ketones is 1. The van der Waals surface area contributed by atoms with Crippen molar-refractivity contribution in [1.29, 1.82) is 0 Å². The van der Waals surface area contributed by atoms with Crippen LogP contribution in [-0.4, -0.2) is 28.6 Å². The van der Waals surface area contributed by atoms with Crippen LogP contribution >= 0.6 is 31.9 Å². The molecule has 0 amide bonds. The topological polar surface area (TPSA) is 72.5 Å². The van der Waals surface area contributed by atoms with Crippen molar-refractivity contribution in [2.45, 2.75) is 55.9 Å². The average Bonchev–Trinajstić information content (AvgIpc) is 2.81. The normalized spacial score (nSPS) is 14.3. The first-order chi connectivity index (χ1) is 16.7. The molecular formula is C27H31Br2NO4SSi. The summed E-state index contributed by atoms with van der Waals surface area (Å²) in [7, 11) is -6.49. The second-order valence-corrected chi connectivity index (χ2v) is 18.4. The highest BCUT2D eigenvalue weighted by Crippen LogP contribution is 2.41. The Morgan fingerprint density at radius 3 is 1.86 bits per heavy atom. The number of Topliss-reactive ketones (excluding diaryl/α,β-unsaturated/α-hetero) is 1. The lowest BCUT2D eigenvalue weighted by molar-refractivity contribution is 0.0813. The van der Waals surface area contributed by atoms with E-state index in [-0.39, 0.29) is 15.7 Å². The molecule has 0 unspecified atom stereocenters. The lowest BCUT2D eigenvalue weighted by Gasteiger charge is -2.41. The van der Waals surface area contributed by atoms with Crippen molar-refractivity contribution in [2.75, 3.05) is 0 Å². The quantitative estimate of drug-likeness (QED) is 0.192. The van der Waals surface area contributed by atoms with E-state index in [1.165, 1.54) is 12.1 Å². The lowest BCUT2D eigenvalue weighted by Crippen LogP contribution is -2.50. The van der Waals surface area contributed by atoms with Crippen LogP contribution < -0.4 is 4.72 Å². The van der Waals surface area contributed by atoms with Gasteiger partial charge in [0, 0.05) is 14.5 Å². The summed E-state index contributed by atoms with van der Waals surface area (Å²) in [4.78, 5) is 14.0. The van der Waals surface area contributed by atoms with Crippen LogP contribution in [0.2, 0.25) is 18.1 Å². The Balaban J connectivity index is 2.16.